The molecule has 0 unspecified atom stereocenters. The lowest BCUT2D eigenvalue weighted by molar-refractivity contribution is -0.141. The number of halogens is 3. The highest BCUT2D eigenvalue weighted by molar-refractivity contribution is 6.04. The number of hydrogen-bond acceptors (Lipinski definition) is 5. The number of benzene rings is 2. The Morgan fingerprint density at radius 3 is 2.51 bits per heavy atom. The van der Waals surface area contributed by atoms with Gasteiger partial charge in [-0.05, 0) is 48.6 Å². The summed E-state index contributed by atoms with van der Waals surface area (Å²) in [6.07, 6.45) is -3.62. The first-order valence-corrected chi connectivity index (χ1v) is 12.7. The van der Waals surface area contributed by atoms with Crippen LogP contribution in [0.4, 0.5) is 13.2 Å². The third kappa shape index (κ3) is 5.41. The van der Waals surface area contributed by atoms with Crippen molar-refractivity contribution in [2.24, 2.45) is 5.41 Å². The zero-order chi connectivity index (χ0) is 27.9. The van der Waals surface area contributed by atoms with Crippen LogP contribution in [0.2, 0.25) is 0 Å². The second kappa shape index (κ2) is 9.91. The van der Waals surface area contributed by atoms with Crippen LogP contribution < -0.4 is 5.32 Å². The molecule has 0 spiro atoms. The van der Waals surface area contributed by atoms with Gasteiger partial charge in [0.05, 0.1) is 17.1 Å². The molecule has 0 saturated carbocycles. The molecule has 202 valence electrons. The van der Waals surface area contributed by atoms with Crippen molar-refractivity contribution in [3.8, 4) is 11.3 Å². The number of alkyl halides is 3. The van der Waals surface area contributed by atoms with Crippen molar-refractivity contribution in [3.05, 3.63) is 106 Å². The monoisotopic (exact) mass is 535 g/mol. The summed E-state index contributed by atoms with van der Waals surface area (Å²) in [5.41, 5.74) is 1.91. The Labute approximate surface area is 224 Å². The maximum absolute atomic E-state index is 13.5. The van der Waals surface area contributed by atoms with Gasteiger partial charge in [-0.2, -0.15) is 13.2 Å². The Kier molecular flexibility index (Phi) is 6.74. The number of hydrogen-bond donors (Lipinski definition) is 1. The van der Waals surface area contributed by atoms with Gasteiger partial charge in [0.2, 0.25) is 0 Å². The summed E-state index contributed by atoms with van der Waals surface area (Å²) in [5, 5.41) is 3.27. The number of nitrogens with one attached hydrogen (secondary N) is 1. The number of ketones is 1. The lowest BCUT2D eigenvalue weighted by atomic mass is 9.69. The highest BCUT2D eigenvalue weighted by Gasteiger charge is 2.44. The first kappa shape index (κ1) is 26.5. The number of esters is 1. The van der Waals surface area contributed by atoms with E-state index in [1.807, 2.05) is 44.2 Å². The van der Waals surface area contributed by atoms with E-state index in [0.717, 1.165) is 23.4 Å². The molecule has 39 heavy (non-hydrogen) atoms. The van der Waals surface area contributed by atoms with Crippen molar-refractivity contribution >= 4 is 11.8 Å². The average molecular weight is 536 g/mol. The molecule has 2 aliphatic rings. The molecule has 5 rings (SSSR count). The summed E-state index contributed by atoms with van der Waals surface area (Å²) < 4.78 is 51.7. The van der Waals surface area contributed by atoms with Crippen molar-refractivity contribution in [2.45, 2.75) is 52.3 Å². The Balaban J connectivity index is 1.55. The Bertz CT molecular complexity index is 1500. The smallest absolute Gasteiger partial charge is 0.416 e. The van der Waals surface area contributed by atoms with Crippen LogP contribution >= 0.6 is 0 Å². The maximum atomic E-state index is 13.5. The van der Waals surface area contributed by atoms with E-state index in [-0.39, 0.29) is 46.9 Å². The summed E-state index contributed by atoms with van der Waals surface area (Å²) in [6, 6.07) is 17.2. The molecule has 1 aromatic heterocycles. The van der Waals surface area contributed by atoms with E-state index in [1.54, 1.807) is 19.1 Å². The van der Waals surface area contributed by atoms with Gasteiger partial charge in [0.15, 0.2) is 5.78 Å². The molecule has 2 aromatic carbocycles. The van der Waals surface area contributed by atoms with Crippen molar-refractivity contribution in [1.29, 1.82) is 0 Å². The van der Waals surface area contributed by atoms with E-state index < -0.39 is 23.6 Å². The Morgan fingerprint density at radius 1 is 1.05 bits per heavy atom. The lowest BCUT2D eigenvalue weighted by Crippen LogP contribution is -2.38. The number of Topliss-reactive ketones (excluding diaryl/α,β-unsaturated/α-hetero) is 1. The molecule has 0 bridgehead atoms. The summed E-state index contributed by atoms with van der Waals surface area (Å²) in [7, 11) is 0. The predicted molar refractivity (Wildman–Crippen MR) is 139 cm³/mol. The predicted octanol–water partition coefficient (Wildman–Crippen LogP) is 7.31. The topological polar surface area (TPSA) is 68.5 Å². The fraction of sp³-hybridized carbons (Fsp3) is 0.290. The van der Waals surface area contributed by atoms with E-state index in [1.165, 1.54) is 12.1 Å². The van der Waals surface area contributed by atoms with Crippen LogP contribution in [0.1, 0.15) is 56.4 Å². The normalized spacial score (nSPS) is 19.0. The largest absolute Gasteiger partial charge is 0.460 e. The molecule has 3 aromatic rings. The Hall–Kier alpha value is -4.07. The van der Waals surface area contributed by atoms with Crippen LogP contribution in [-0.2, 0) is 27.1 Å². The highest BCUT2D eigenvalue weighted by atomic mass is 19.4. The summed E-state index contributed by atoms with van der Waals surface area (Å²) >= 11 is 0. The van der Waals surface area contributed by atoms with Crippen LogP contribution in [0.3, 0.4) is 0 Å². The minimum Gasteiger partial charge on any atom is -0.460 e. The van der Waals surface area contributed by atoms with Gasteiger partial charge in [0.1, 0.15) is 18.1 Å². The van der Waals surface area contributed by atoms with Crippen LogP contribution in [0.5, 0.6) is 0 Å². The molecule has 0 saturated heterocycles. The van der Waals surface area contributed by atoms with E-state index in [9.17, 15) is 22.8 Å². The first-order chi connectivity index (χ1) is 18.4. The third-order valence-electron chi connectivity index (χ3n) is 7.06. The van der Waals surface area contributed by atoms with Crippen LogP contribution in [0.25, 0.3) is 11.3 Å². The number of carbonyl (C=O) groups is 2. The molecule has 1 atom stereocenters. The lowest BCUT2D eigenvalue weighted by Gasteiger charge is -2.38. The molecule has 1 aliphatic heterocycles. The van der Waals surface area contributed by atoms with Crippen molar-refractivity contribution in [3.63, 3.8) is 0 Å². The summed E-state index contributed by atoms with van der Waals surface area (Å²) in [6.45, 7) is 5.81. The van der Waals surface area contributed by atoms with Gasteiger partial charge >= 0.3 is 12.1 Å². The van der Waals surface area contributed by atoms with Gasteiger partial charge < -0.3 is 14.5 Å². The third-order valence-corrected chi connectivity index (χ3v) is 7.06. The number of ether oxygens (including phenoxy) is 1. The van der Waals surface area contributed by atoms with Gasteiger partial charge in [0, 0.05) is 29.0 Å². The molecule has 0 amide bonds. The number of dihydropyridines is 1. The second-order valence-corrected chi connectivity index (χ2v) is 10.8. The number of rotatable bonds is 5. The molecule has 1 N–H and O–H groups in total. The van der Waals surface area contributed by atoms with Crippen molar-refractivity contribution in [1.82, 2.24) is 5.32 Å². The molecule has 0 radical (unpaired) electrons. The number of allylic oxidation sites excluding steroid dienone is 3. The molecule has 0 fully saturated rings. The quantitative estimate of drug-likeness (QED) is 0.347. The fourth-order valence-corrected chi connectivity index (χ4v) is 5.30. The van der Waals surface area contributed by atoms with Crippen LogP contribution in [-0.4, -0.2) is 11.8 Å². The first-order valence-electron chi connectivity index (χ1n) is 12.7. The SMILES string of the molecule is CC1=C(C(=O)OCc2ccccc2)[C@@H](c2ccc(-c3cccc(C(F)(F)F)c3)o2)C2=C(CC(C)(C)CC2=O)N1. The molecular weight excluding hydrogens is 507 g/mol. The van der Waals surface area contributed by atoms with Crippen molar-refractivity contribution < 1.29 is 31.9 Å². The summed E-state index contributed by atoms with van der Waals surface area (Å²) in [5.74, 6) is -1.08. The Morgan fingerprint density at radius 2 is 1.79 bits per heavy atom. The minimum absolute atomic E-state index is 0.0453. The zero-order valence-corrected chi connectivity index (χ0v) is 21.8. The fourth-order valence-electron chi connectivity index (χ4n) is 5.30. The van der Waals surface area contributed by atoms with E-state index in [4.69, 9.17) is 9.15 Å². The average Bonchev–Trinajstić information content (AvgIpc) is 3.36. The second-order valence-electron chi connectivity index (χ2n) is 10.8. The molecule has 1 aliphatic carbocycles. The molecule has 8 heteroatoms. The van der Waals surface area contributed by atoms with E-state index in [0.29, 0.717) is 17.7 Å². The van der Waals surface area contributed by atoms with Gasteiger partial charge in [0.25, 0.3) is 0 Å². The van der Waals surface area contributed by atoms with Gasteiger partial charge in [-0.1, -0.05) is 56.3 Å². The van der Waals surface area contributed by atoms with Crippen LogP contribution in [0, 0.1) is 5.41 Å². The van der Waals surface area contributed by atoms with Crippen molar-refractivity contribution in [2.75, 3.05) is 0 Å². The molecule has 5 nitrogen and oxygen atoms in total. The van der Waals surface area contributed by atoms with Crippen LogP contribution in [0.15, 0.2) is 93.7 Å². The standard InChI is InChI=1S/C31H28F3NO4/c1-18-26(29(37)38-17-19-8-5-4-6-9-19)28(27-22(35-18)15-30(2,3)16-23(27)36)25-13-12-24(39-25)20-10-7-11-21(14-20)31(32,33)34/h4-14,28,35H,15-17H2,1-3H3/t28-/m1/s1. The van der Waals surface area contributed by atoms with Gasteiger partial charge in [-0.3, -0.25) is 4.79 Å². The van der Waals surface area contributed by atoms with E-state index in [2.05, 4.69) is 5.32 Å². The maximum Gasteiger partial charge on any atom is 0.416 e. The molecule has 2 heterocycles. The van der Waals surface area contributed by atoms with Gasteiger partial charge in [-0.25, -0.2) is 4.79 Å². The number of furan rings is 1. The highest BCUT2D eigenvalue weighted by Crippen LogP contribution is 2.47. The van der Waals surface area contributed by atoms with Gasteiger partial charge in [-0.15, -0.1) is 0 Å². The molecular formula is C31H28F3NO4. The zero-order valence-electron chi connectivity index (χ0n) is 21.8. The summed E-state index contributed by atoms with van der Waals surface area (Å²) in [4.78, 5) is 27.0. The minimum atomic E-state index is -4.50. The van der Waals surface area contributed by atoms with E-state index >= 15 is 0 Å². The number of carbonyl (C=O) groups excluding carboxylic acids is 2.